The Morgan fingerprint density at radius 1 is 0.826 bits per heavy atom. The fourth-order valence-corrected chi connectivity index (χ4v) is 2.32. The lowest BCUT2D eigenvalue weighted by Crippen LogP contribution is -2.63. The average Bonchev–Trinajstić information content (AvgIpc) is 2.43. The first-order valence-electron chi connectivity index (χ1n) is 6.92. The van der Waals surface area contributed by atoms with E-state index in [1.807, 2.05) is 0 Å². The Kier molecular flexibility index (Phi) is 6.55. The van der Waals surface area contributed by atoms with Crippen LogP contribution in [0.5, 0.6) is 0 Å². The second-order valence-corrected chi connectivity index (χ2v) is 5.01. The van der Waals surface area contributed by atoms with E-state index in [4.69, 9.17) is 18.9 Å². The van der Waals surface area contributed by atoms with Gasteiger partial charge in [-0.15, -0.1) is 0 Å². The van der Waals surface area contributed by atoms with Gasteiger partial charge in [0.15, 0.2) is 24.4 Å². The van der Waals surface area contributed by atoms with E-state index in [0.29, 0.717) is 0 Å². The molecule has 9 nitrogen and oxygen atoms in total. The predicted molar refractivity (Wildman–Crippen MR) is 75.9 cm³/mol. The molecule has 1 rings (SSSR count). The third-order valence-electron chi connectivity index (χ3n) is 3.11. The molecule has 0 aromatic rings. The summed E-state index contributed by atoms with van der Waals surface area (Å²) in [6, 6.07) is -0.792. The Balaban J connectivity index is 3.21. The molecule has 128 valence electrons. The Labute approximate surface area is 133 Å². The van der Waals surface area contributed by atoms with Gasteiger partial charge in [-0.3, -0.25) is 14.4 Å². The molecular weight excluding hydrogens is 311 g/mol. The molecule has 0 unspecified atom stereocenters. The molecule has 0 bridgehead atoms. The van der Waals surface area contributed by atoms with E-state index >= 15 is 0 Å². The molecule has 10 heteroatoms. The fraction of sp³-hybridized carbons (Fsp3) is 0.692. The van der Waals surface area contributed by atoms with Crippen molar-refractivity contribution in [3.8, 4) is 0 Å². The Hall–Kier alpha value is -2.10. The highest BCUT2D eigenvalue weighted by atomic mass is 16.7. The minimum Gasteiger partial charge on any atom is -0.467 e. The minimum absolute atomic E-state index is 0.638. The molecule has 0 aromatic carbocycles. The summed E-state index contributed by atoms with van der Waals surface area (Å²) in [4.78, 5) is 45.8. The molecule has 0 aliphatic carbocycles. The maximum atomic E-state index is 11.9. The van der Waals surface area contributed by atoms with Crippen LogP contribution in [0, 0.1) is 0 Å². The van der Waals surface area contributed by atoms with Gasteiger partial charge in [-0.05, 0) is 0 Å². The zero-order valence-electron chi connectivity index (χ0n) is 13.6. The van der Waals surface area contributed by atoms with Crippen LogP contribution in [0.1, 0.15) is 20.8 Å². The molecule has 0 spiro atoms. The minimum atomic E-state index is -1.31. The zero-order valence-corrected chi connectivity index (χ0v) is 13.6. The van der Waals surface area contributed by atoms with Crippen LogP contribution in [0.4, 0.5) is 0 Å². The third-order valence-corrected chi connectivity index (χ3v) is 3.11. The van der Waals surface area contributed by atoms with Crippen LogP contribution >= 0.6 is 0 Å². The van der Waals surface area contributed by atoms with Gasteiger partial charge in [-0.25, -0.2) is 4.79 Å². The summed E-state index contributed by atoms with van der Waals surface area (Å²) in [5.74, 6) is -2.86. The average molecular weight is 330 g/mol. The monoisotopic (exact) mass is 330 g/mol. The topological polar surface area (TPSA) is 114 Å². The van der Waals surface area contributed by atoms with Crippen LogP contribution in [0.2, 0.25) is 0 Å². The van der Waals surface area contributed by atoms with Crippen LogP contribution < -0.4 is 0 Å². The van der Waals surface area contributed by atoms with E-state index in [1.54, 1.807) is 0 Å². The van der Waals surface area contributed by atoms with E-state index in [0.717, 1.165) is 21.0 Å². The van der Waals surface area contributed by atoms with Crippen LogP contribution in [-0.4, -0.2) is 69.3 Å². The summed E-state index contributed by atoms with van der Waals surface area (Å²) in [6.45, 7) is 3.44. The summed E-state index contributed by atoms with van der Waals surface area (Å²) in [7, 11) is 2.67. The molecule has 1 aliphatic heterocycles. The summed E-state index contributed by atoms with van der Waals surface area (Å²) in [5.41, 5.74) is 0. The number of carbonyl (C=O) groups is 4. The molecule has 5 atom stereocenters. The first-order chi connectivity index (χ1) is 10.7. The quantitative estimate of drug-likeness (QED) is 0.338. The molecule has 0 N–H and O–H groups in total. The van der Waals surface area contributed by atoms with E-state index in [2.05, 4.69) is 4.74 Å². The number of rotatable bonds is 4. The first-order valence-corrected chi connectivity index (χ1v) is 6.92. The van der Waals surface area contributed by atoms with Crippen molar-refractivity contribution in [2.45, 2.75) is 51.2 Å². The molecular formula is C13H19BO9. The number of ether oxygens (including phenoxy) is 5. The maximum absolute atomic E-state index is 11.9. The largest absolute Gasteiger partial charge is 0.467 e. The number of hydrogen-bond acceptors (Lipinski definition) is 9. The molecule has 0 amide bonds. The lowest BCUT2D eigenvalue weighted by atomic mass is 9.84. The molecule has 0 radical (unpaired) electrons. The van der Waals surface area contributed by atoms with Crippen LogP contribution in [0.25, 0.3) is 0 Å². The molecule has 0 aromatic heterocycles. The SMILES string of the molecule is B[C@H]1O[C@H](C(=O)OC)[C@@H](OC(C)=O)[C@H](OC(C)=O)[C@H]1OC(C)=O. The summed E-state index contributed by atoms with van der Waals surface area (Å²) >= 11 is 0. The number of hydrogen-bond donors (Lipinski definition) is 0. The second kappa shape index (κ2) is 7.95. The van der Waals surface area contributed by atoms with Crippen LogP contribution in [0.15, 0.2) is 0 Å². The lowest BCUT2D eigenvalue weighted by Gasteiger charge is -2.42. The highest BCUT2D eigenvalue weighted by Crippen LogP contribution is 2.28. The van der Waals surface area contributed by atoms with Gasteiger partial charge in [0.25, 0.3) is 0 Å². The van der Waals surface area contributed by atoms with Gasteiger partial charge in [-0.2, -0.15) is 0 Å². The lowest BCUT2D eigenvalue weighted by molar-refractivity contribution is -0.236. The summed E-state index contributed by atoms with van der Waals surface area (Å²) in [6.07, 6.45) is -4.85. The molecule has 1 heterocycles. The third kappa shape index (κ3) is 4.95. The van der Waals surface area contributed by atoms with Gasteiger partial charge in [0, 0.05) is 20.8 Å². The van der Waals surface area contributed by atoms with Gasteiger partial charge in [0.2, 0.25) is 0 Å². The number of carbonyl (C=O) groups excluding carboxylic acids is 4. The molecule has 0 saturated carbocycles. The van der Waals surface area contributed by atoms with E-state index in [-0.39, 0.29) is 0 Å². The van der Waals surface area contributed by atoms with Crippen molar-refractivity contribution in [3.05, 3.63) is 0 Å². The van der Waals surface area contributed by atoms with Gasteiger partial charge < -0.3 is 23.7 Å². The van der Waals surface area contributed by atoms with E-state index in [1.165, 1.54) is 14.8 Å². The van der Waals surface area contributed by atoms with E-state index < -0.39 is 54.3 Å². The Morgan fingerprint density at radius 2 is 1.26 bits per heavy atom. The number of methoxy groups -OCH3 is 1. The van der Waals surface area contributed by atoms with Crippen molar-refractivity contribution in [1.82, 2.24) is 0 Å². The van der Waals surface area contributed by atoms with Gasteiger partial charge in [0.05, 0.1) is 13.1 Å². The van der Waals surface area contributed by atoms with Crippen molar-refractivity contribution in [3.63, 3.8) is 0 Å². The normalized spacial score (nSPS) is 30.0. The van der Waals surface area contributed by atoms with Gasteiger partial charge in [0.1, 0.15) is 7.85 Å². The highest BCUT2D eigenvalue weighted by Gasteiger charge is 2.53. The summed E-state index contributed by atoms with van der Waals surface area (Å²) in [5, 5.41) is 0. The number of esters is 4. The Bertz CT molecular complexity index is 492. The highest BCUT2D eigenvalue weighted by molar-refractivity contribution is 6.11. The van der Waals surface area contributed by atoms with Gasteiger partial charge in [-0.1, -0.05) is 0 Å². The Morgan fingerprint density at radius 3 is 1.70 bits per heavy atom. The van der Waals surface area contributed by atoms with Gasteiger partial charge >= 0.3 is 23.9 Å². The smallest absolute Gasteiger partial charge is 0.339 e. The van der Waals surface area contributed by atoms with Crippen LogP contribution in [0.3, 0.4) is 0 Å². The standard InChI is InChI=1S/C13H19BO9/c1-5(15)20-8-9(21-6(2)16)11(13(18)19-4)23-12(14)10(8)22-7(3)17/h8-12H,14H2,1-4H3/t8-,9-,10+,11-,12-/m0/s1. The first kappa shape index (κ1) is 19.0. The van der Waals surface area contributed by atoms with Crippen molar-refractivity contribution < 1.29 is 42.9 Å². The summed E-state index contributed by atoms with van der Waals surface area (Å²) < 4.78 is 25.4. The molecule has 1 fully saturated rings. The van der Waals surface area contributed by atoms with Crippen molar-refractivity contribution in [2.75, 3.05) is 7.11 Å². The maximum Gasteiger partial charge on any atom is 0.339 e. The molecule has 1 saturated heterocycles. The molecule has 23 heavy (non-hydrogen) atoms. The predicted octanol–water partition coefficient (Wildman–Crippen LogP) is -1.69. The van der Waals surface area contributed by atoms with Crippen molar-refractivity contribution >= 4 is 31.7 Å². The molecule has 1 aliphatic rings. The fourth-order valence-electron chi connectivity index (χ4n) is 2.32. The van der Waals surface area contributed by atoms with E-state index in [9.17, 15) is 19.2 Å². The second-order valence-electron chi connectivity index (χ2n) is 5.01. The van der Waals surface area contributed by atoms with Crippen molar-refractivity contribution in [1.29, 1.82) is 0 Å². The van der Waals surface area contributed by atoms with Crippen LogP contribution in [-0.2, 0) is 42.9 Å². The van der Waals surface area contributed by atoms with Crippen molar-refractivity contribution in [2.24, 2.45) is 0 Å². The zero-order chi connectivity index (χ0) is 17.7.